The second-order valence-electron chi connectivity index (χ2n) is 6.61. The van der Waals surface area contributed by atoms with E-state index in [4.69, 9.17) is 4.74 Å². The average molecular weight is 353 g/mol. The zero-order chi connectivity index (χ0) is 18.6. The normalized spacial score (nSPS) is 19.4. The molecule has 1 aliphatic heterocycles. The number of amides is 1. The van der Waals surface area contributed by atoms with Crippen molar-refractivity contribution in [3.63, 3.8) is 0 Å². The van der Waals surface area contributed by atoms with Crippen LogP contribution in [-0.2, 0) is 10.4 Å². The first kappa shape index (κ1) is 18.1. The highest BCUT2D eigenvalue weighted by molar-refractivity contribution is 5.98. The van der Waals surface area contributed by atoms with Crippen molar-refractivity contribution in [2.45, 2.75) is 24.9 Å². The first-order chi connectivity index (χ1) is 12.5. The monoisotopic (exact) mass is 353 g/mol. The molecule has 0 radical (unpaired) electrons. The summed E-state index contributed by atoms with van der Waals surface area (Å²) in [5.74, 6) is 0.520. The molecule has 1 saturated heterocycles. The number of rotatable bonds is 6. The van der Waals surface area contributed by atoms with Gasteiger partial charge in [-0.15, -0.1) is 0 Å². The van der Waals surface area contributed by atoms with E-state index in [0.717, 1.165) is 5.56 Å². The van der Waals surface area contributed by atoms with Gasteiger partial charge in [-0.1, -0.05) is 30.3 Å². The number of β-amino-alcohol motifs (C(OH)–C–C–N with tert-alkyl or cyclic N) is 1. The molecule has 0 unspecified atom stereocenters. The summed E-state index contributed by atoms with van der Waals surface area (Å²) in [6, 6.07) is 16.3. The number of Topliss-reactive ketones (excluding diaryl/α,β-unsaturated/α-hetero) is 1. The Morgan fingerprint density at radius 1 is 1.08 bits per heavy atom. The lowest BCUT2D eigenvalue weighted by molar-refractivity contribution is -0.131. The molecular weight excluding hydrogens is 330 g/mol. The van der Waals surface area contributed by atoms with Gasteiger partial charge in [-0.2, -0.15) is 0 Å². The van der Waals surface area contributed by atoms with Crippen molar-refractivity contribution in [2.24, 2.45) is 0 Å². The van der Waals surface area contributed by atoms with Crippen LogP contribution in [-0.4, -0.2) is 41.9 Å². The Kier molecular flexibility index (Phi) is 5.38. The fraction of sp³-hybridized carbons (Fsp3) is 0.333. The van der Waals surface area contributed by atoms with E-state index in [1.54, 1.807) is 36.3 Å². The topological polar surface area (TPSA) is 66.8 Å². The summed E-state index contributed by atoms with van der Waals surface area (Å²) in [5.41, 5.74) is 0.391. The summed E-state index contributed by atoms with van der Waals surface area (Å²) < 4.78 is 5.07. The van der Waals surface area contributed by atoms with E-state index in [2.05, 4.69) is 0 Å². The van der Waals surface area contributed by atoms with E-state index >= 15 is 0 Å². The maximum absolute atomic E-state index is 12.4. The quantitative estimate of drug-likeness (QED) is 0.811. The van der Waals surface area contributed by atoms with Crippen LogP contribution in [0.4, 0.5) is 0 Å². The van der Waals surface area contributed by atoms with Gasteiger partial charge in [0.15, 0.2) is 5.78 Å². The van der Waals surface area contributed by atoms with E-state index in [0.29, 0.717) is 24.3 Å². The van der Waals surface area contributed by atoms with Gasteiger partial charge in [-0.3, -0.25) is 9.59 Å². The van der Waals surface area contributed by atoms with E-state index in [1.807, 2.05) is 30.3 Å². The Morgan fingerprint density at radius 2 is 1.77 bits per heavy atom. The molecule has 3 rings (SSSR count). The molecule has 26 heavy (non-hydrogen) atoms. The van der Waals surface area contributed by atoms with Gasteiger partial charge in [0.1, 0.15) is 11.4 Å². The van der Waals surface area contributed by atoms with Crippen molar-refractivity contribution in [2.75, 3.05) is 20.2 Å². The zero-order valence-corrected chi connectivity index (χ0v) is 14.9. The molecule has 1 heterocycles. The SMILES string of the molecule is COc1ccc(C(=O)CCC(=O)N2CC[C@](O)(c3ccccc3)C2)cc1. The Hall–Kier alpha value is -2.66. The van der Waals surface area contributed by atoms with Crippen LogP contribution in [0.5, 0.6) is 5.75 Å². The molecule has 1 fully saturated rings. The molecule has 2 aromatic carbocycles. The predicted octanol–water partition coefficient (Wildman–Crippen LogP) is 2.78. The van der Waals surface area contributed by atoms with Crippen molar-refractivity contribution in [1.29, 1.82) is 0 Å². The van der Waals surface area contributed by atoms with Gasteiger partial charge in [0.25, 0.3) is 0 Å². The molecular formula is C21H23NO4. The first-order valence-electron chi connectivity index (χ1n) is 8.75. The number of hydrogen-bond donors (Lipinski definition) is 1. The lowest BCUT2D eigenvalue weighted by Crippen LogP contribution is -2.34. The van der Waals surface area contributed by atoms with E-state index in [-0.39, 0.29) is 31.1 Å². The summed E-state index contributed by atoms with van der Waals surface area (Å²) in [6.45, 7) is 0.771. The summed E-state index contributed by atoms with van der Waals surface area (Å²) in [4.78, 5) is 26.3. The Balaban J connectivity index is 1.55. The zero-order valence-electron chi connectivity index (χ0n) is 14.9. The number of ketones is 1. The number of benzene rings is 2. The van der Waals surface area contributed by atoms with Crippen LogP contribution in [0.1, 0.15) is 35.2 Å². The molecule has 0 spiro atoms. The van der Waals surface area contributed by atoms with Crippen LogP contribution < -0.4 is 4.74 Å². The number of aliphatic hydroxyl groups is 1. The van der Waals surface area contributed by atoms with Crippen molar-refractivity contribution < 1.29 is 19.4 Å². The van der Waals surface area contributed by atoms with Gasteiger partial charge >= 0.3 is 0 Å². The summed E-state index contributed by atoms with van der Waals surface area (Å²) in [7, 11) is 1.57. The van der Waals surface area contributed by atoms with E-state index in [9.17, 15) is 14.7 Å². The molecule has 5 nitrogen and oxygen atoms in total. The van der Waals surface area contributed by atoms with Gasteiger partial charge in [-0.05, 0) is 36.2 Å². The second kappa shape index (κ2) is 7.70. The Morgan fingerprint density at radius 3 is 2.42 bits per heavy atom. The van der Waals surface area contributed by atoms with Gasteiger partial charge < -0.3 is 14.7 Å². The largest absolute Gasteiger partial charge is 0.497 e. The highest BCUT2D eigenvalue weighted by Crippen LogP contribution is 2.32. The van der Waals surface area contributed by atoms with Crippen LogP contribution in [0, 0.1) is 0 Å². The van der Waals surface area contributed by atoms with Crippen molar-refractivity contribution in [3.05, 3.63) is 65.7 Å². The summed E-state index contributed by atoms with van der Waals surface area (Å²) in [6.07, 6.45) is 0.816. The van der Waals surface area contributed by atoms with E-state index in [1.165, 1.54) is 0 Å². The van der Waals surface area contributed by atoms with Crippen LogP contribution in [0.15, 0.2) is 54.6 Å². The Bertz CT molecular complexity index is 772. The molecule has 5 heteroatoms. The van der Waals surface area contributed by atoms with Crippen LogP contribution in [0.3, 0.4) is 0 Å². The molecule has 0 bridgehead atoms. The number of carbonyl (C=O) groups excluding carboxylic acids is 2. The molecule has 2 aromatic rings. The standard InChI is InChI=1S/C21H23NO4/c1-26-18-9-7-16(8-10-18)19(23)11-12-20(24)22-14-13-21(25,15-22)17-5-3-2-4-6-17/h2-10,25H,11-15H2,1H3/t21-/m1/s1. The second-order valence-corrected chi connectivity index (χ2v) is 6.61. The third-order valence-electron chi connectivity index (χ3n) is 4.89. The highest BCUT2D eigenvalue weighted by atomic mass is 16.5. The summed E-state index contributed by atoms with van der Waals surface area (Å²) >= 11 is 0. The molecule has 1 N–H and O–H groups in total. The minimum atomic E-state index is -1.00. The molecule has 136 valence electrons. The van der Waals surface area contributed by atoms with Crippen LogP contribution in [0.25, 0.3) is 0 Å². The smallest absolute Gasteiger partial charge is 0.223 e. The van der Waals surface area contributed by atoms with Crippen LogP contribution in [0.2, 0.25) is 0 Å². The molecule has 0 aliphatic carbocycles. The van der Waals surface area contributed by atoms with Gasteiger partial charge in [0.05, 0.1) is 13.7 Å². The fourth-order valence-corrected chi connectivity index (χ4v) is 3.29. The number of methoxy groups -OCH3 is 1. The minimum absolute atomic E-state index is 0.0708. The van der Waals surface area contributed by atoms with Crippen LogP contribution >= 0.6 is 0 Å². The third kappa shape index (κ3) is 3.94. The molecule has 1 amide bonds. The lowest BCUT2D eigenvalue weighted by Gasteiger charge is -2.24. The van der Waals surface area contributed by atoms with Gasteiger partial charge in [0.2, 0.25) is 5.91 Å². The molecule has 0 aromatic heterocycles. The lowest BCUT2D eigenvalue weighted by atomic mass is 9.93. The van der Waals surface area contributed by atoms with Gasteiger partial charge in [0, 0.05) is 24.9 Å². The molecule has 1 atom stereocenters. The number of carbonyl (C=O) groups is 2. The number of likely N-dealkylation sites (tertiary alicyclic amines) is 1. The summed E-state index contributed by atoms with van der Waals surface area (Å²) in [5, 5.41) is 10.8. The van der Waals surface area contributed by atoms with Gasteiger partial charge in [-0.25, -0.2) is 0 Å². The van der Waals surface area contributed by atoms with Crippen molar-refractivity contribution in [1.82, 2.24) is 4.90 Å². The Labute approximate surface area is 153 Å². The minimum Gasteiger partial charge on any atom is -0.497 e. The first-order valence-corrected chi connectivity index (χ1v) is 8.75. The van der Waals surface area contributed by atoms with Crippen molar-refractivity contribution >= 4 is 11.7 Å². The van der Waals surface area contributed by atoms with Crippen molar-refractivity contribution in [3.8, 4) is 5.75 Å². The third-order valence-corrected chi connectivity index (χ3v) is 4.89. The fourth-order valence-electron chi connectivity index (χ4n) is 3.29. The molecule has 0 saturated carbocycles. The maximum atomic E-state index is 12.4. The number of nitrogens with zero attached hydrogens (tertiary/aromatic N) is 1. The average Bonchev–Trinajstić information content (AvgIpc) is 3.10. The molecule has 1 aliphatic rings. The highest BCUT2D eigenvalue weighted by Gasteiger charge is 2.39. The predicted molar refractivity (Wildman–Crippen MR) is 98.1 cm³/mol. The maximum Gasteiger partial charge on any atom is 0.223 e. The number of ether oxygens (including phenoxy) is 1. The number of hydrogen-bond acceptors (Lipinski definition) is 4. The van der Waals surface area contributed by atoms with E-state index < -0.39 is 5.60 Å².